The Labute approximate surface area is 182 Å². The predicted molar refractivity (Wildman–Crippen MR) is 118 cm³/mol. The van der Waals surface area contributed by atoms with Crippen molar-refractivity contribution in [1.29, 1.82) is 0 Å². The normalized spacial score (nSPS) is 16.2. The first-order valence-electron chi connectivity index (χ1n) is 9.30. The molecule has 1 atom stereocenters. The molecule has 3 aromatic rings. The number of para-hydroxylation sites is 1. The lowest BCUT2D eigenvalue weighted by molar-refractivity contribution is -0.124. The first kappa shape index (κ1) is 20.1. The second-order valence-corrected chi connectivity index (χ2v) is 8.24. The van der Waals surface area contributed by atoms with E-state index in [0.717, 1.165) is 9.78 Å². The summed E-state index contributed by atoms with van der Waals surface area (Å²) in [6, 6.07) is 17.9. The topological polar surface area (TPSA) is 69.7 Å². The minimum atomic E-state index is -0.890. The third kappa shape index (κ3) is 4.22. The average Bonchev–Trinajstić information content (AvgIpc) is 3.33. The van der Waals surface area contributed by atoms with Gasteiger partial charge in [-0.3, -0.25) is 9.59 Å². The van der Waals surface area contributed by atoms with E-state index in [0.29, 0.717) is 16.4 Å². The van der Waals surface area contributed by atoms with Gasteiger partial charge in [-0.1, -0.05) is 35.9 Å². The number of nitrogens with zero attached hydrogens (tertiary/aromatic N) is 2. The number of carbonyl (C=O) groups excluding carboxylic acids is 3. The molecule has 0 bridgehead atoms. The van der Waals surface area contributed by atoms with Gasteiger partial charge in [-0.05, 0) is 47.8 Å². The maximum atomic E-state index is 13.2. The maximum absolute atomic E-state index is 13.2. The molecule has 1 saturated heterocycles. The van der Waals surface area contributed by atoms with Crippen molar-refractivity contribution < 1.29 is 14.4 Å². The number of nitrogens with one attached hydrogen (secondary N) is 1. The van der Waals surface area contributed by atoms with Crippen LogP contribution in [0.2, 0.25) is 5.02 Å². The number of hydrogen-bond donors (Lipinski definition) is 1. The summed E-state index contributed by atoms with van der Waals surface area (Å²) in [5.74, 6) is -0.761. The van der Waals surface area contributed by atoms with E-state index >= 15 is 0 Å². The van der Waals surface area contributed by atoms with Gasteiger partial charge in [0.1, 0.15) is 6.04 Å². The molecule has 152 valence electrons. The van der Waals surface area contributed by atoms with Crippen LogP contribution in [0.15, 0.2) is 72.1 Å². The molecule has 1 aliphatic rings. The Balaban J connectivity index is 1.59. The second-order valence-electron chi connectivity index (χ2n) is 6.77. The van der Waals surface area contributed by atoms with Crippen LogP contribution < -0.4 is 10.2 Å². The van der Waals surface area contributed by atoms with E-state index in [4.69, 9.17) is 11.6 Å². The largest absolute Gasteiger partial charge is 0.332 e. The van der Waals surface area contributed by atoms with Crippen LogP contribution in [0.25, 0.3) is 0 Å². The van der Waals surface area contributed by atoms with Crippen LogP contribution in [-0.4, -0.2) is 28.8 Å². The minimum absolute atomic E-state index is 0.130. The van der Waals surface area contributed by atoms with Crippen LogP contribution in [0.1, 0.15) is 11.3 Å². The highest BCUT2D eigenvalue weighted by molar-refractivity contribution is 7.09. The van der Waals surface area contributed by atoms with Crippen molar-refractivity contribution in [3.8, 4) is 0 Å². The number of anilines is 2. The van der Waals surface area contributed by atoms with Crippen molar-refractivity contribution in [3.05, 3.63) is 82.0 Å². The average molecular weight is 440 g/mol. The number of rotatable bonds is 6. The van der Waals surface area contributed by atoms with Gasteiger partial charge in [0.05, 0.1) is 18.7 Å². The number of imide groups is 1. The zero-order valence-corrected chi connectivity index (χ0v) is 17.4. The van der Waals surface area contributed by atoms with E-state index < -0.39 is 18.0 Å². The summed E-state index contributed by atoms with van der Waals surface area (Å²) >= 11 is 7.43. The molecule has 1 N–H and O–H groups in total. The Morgan fingerprint density at radius 3 is 2.40 bits per heavy atom. The standard InChI is InChI=1S/C22H18ClN3O3S/c23-15-8-10-17(11-9-15)26-21(28)19(13-20(27)24-16-5-2-1-3-6-16)25(22(26)29)14-18-7-4-12-30-18/h1-12,19H,13-14H2,(H,24,27). The lowest BCUT2D eigenvalue weighted by atomic mass is 10.1. The summed E-state index contributed by atoms with van der Waals surface area (Å²) in [6.07, 6.45) is -0.130. The zero-order valence-electron chi connectivity index (χ0n) is 15.8. The van der Waals surface area contributed by atoms with E-state index in [1.54, 1.807) is 36.4 Å². The fourth-order valence-electron chi connectivity index (χ4n) is 3.32. The molecule has 8 heteroatoms. The zero-order chi connectivity index (χ0) is 21.1. The lowest BCUT2D eigenvalue weighted by Crippen LogP contribution is -2.37. The summed E-state index contributed by atoms with van der Waals surface area (Å²) < 4.78 is 0. The maximum Gasteiger partial charge on any atom is 0.332 e. The molecule has 0 saturated carbocycles. The molecule has 4 amide bonds. The Morgan fingerprint density at radius 2 is 1.73 bits per heavy atom. The molecular weight excluding hydrogens is 422 g/mol. The number of amides is 4. The van der Waals surface area contributed by atoms with Crippen molar-refractivity contribution in [2.75, 3.05) is 10.2 Å². The molecule has 1 unspecified atom stereocenters. The second kappa shape index (κ2) is 8.69. The Morgan fingerprint density at radius 1 is 1.00 bits per heavy atom. The molecule has 1 fully saturated rings. The number of halogens is 1. The number of carbonyl (C=O) groups is 3. The van der Waals surface area contributed by atoms with Gasteiger partial charge < -0.3 is 10.2 Å². The molecule has 0 spiro atoms. The van der Waals surface area contributed by atoms with Crippen molar-refractivity contribution in [2.45, 2.75) is 19.0 Å². The quantitative estimate of drug-likeness (QED) is 0.562. The smallest absolute Gasteiger partial charge is 0.326 e. The highest BCUT2D eigenvalue weighted by atomic mass is 35.5. The van der Waals surface area contributed by atoms with Crippen LogP contribution in [0, 0.1) is 0 Å². The van der Waals surface area contributed by atoms with E-state index in [1.165, 1.54) is 16.2 Å². The van der Waals surface area contributed by atoms with Crippen LogP contribution in [-0.2, 0) is 16.1 Å². The first-order valence-corrected chi connectivity index (χ1v) is 10.6. The van der Waals surface area contributed by atoms with Gasteiger partial charge in [-0.25, -0.2) is 9.69 Å². The Hall–Kier alpha value is -3.16. The van der Waals surface area contributed by atoms with Gasteiger partial charge >= 0.3 is 6.03 Å². The van der Waals surface area contributed by atoms with Gasteiger partial charge in [0.15, 0.2) is 0 Å². The Bertz CT molecular complexity index is 1060. The van der Waals surface area contributed by atoms with Gasteiger partial charge in [-0.15, -0.1) is 11.3 Å². The van der Waals surface area contributed by atoms with E-state index in [-0.39, 0.29) is 18.9 Å². The van der Waals surface area contributed by atoms with Gasteiger partial charge in [0, 0.05) is 15.6 Å². The molecule has 0 aliphatic carbocycles. The first-order chi connectivity index (χ1) is 14.5. The summed E-state index contributed by atoms with van der Waals surface area (Å²) in [5.41, 5.74) is 1.06. The highest BCUT2D eigenvalue weighted by Gasteiger charge is 2.46. The van der Waals surface area contributed by atoms with Crippen molar-refractivity contribution in [3.63, 3.8) is 0 Å². The molecule has 2 aromatic carbocycles. The molecule has 6 nitrogen and oxygen atoms in total. The predicted octanol–water partition coefficient (Wildman–Crippen LogP) is 4.77. The van der Waals surface area contributed by atoms with E-state index in [9.17, 15) is 14.4 Å². The van der Waals surface area contributed by atoms with E-state index in [2.05, 4.69) is 5.32 Å². The fraction of sp³-hybridized carbons (Fsp3) is 0.136. The SMILES string of the molecule is O=C(CC1C(=O)N(c2ccc(Cl)cc2)C(=O)N1Cc1cccs1)Nc1ccccc1. The molecule has 4 rings (SSSR count). The number of benzene rings is 2. The molecular formula is C22H18ClN3O3S. The number of thiophene rings is 1. The summed E-state index contributed by atoms with van der Waals surface area (Å²) in [7, 11) is 0. The lowest BCUT2D eigenvalue weighted by Gasteiger charge is -2.21. The van der Waals surface area contributed by atoms with Gasteiger partial charge in [0.2, 0.25) is 5.91 Å². The third-order valence-corrected chi connectivity index (χ3v) is 5.86. The third-order valence-electron chi connectivity index (χ3n) is 4.75. The van der Waals surface area contributed by atoms with Crippen LogP contribution in [0.5, 0.6) is 0 Å². The van der Waals surface area contributed by atoms with Crippen molar-refractivity contribution >= 4 is 52.2 Å². The number of urea groups is 1. The number of hydrogen-bond acceptors (Lipinski definition) is 4. The molecule has 1 aliphatic heterocycles. The molecule has 1 aromatic heterocycles. The summed E-state index contributed by atoms with van der Waals surface area (Å²) in [6.45, 7) is 0.260. The van der Waals surface area contributed by atoms with Crippen LogP contribution in [0.4, 0.5) is 16.2 Å². The molecule has 30 heavy (non-hydrogen) atoms. The summed E-state index contributed by atoms with van der Waals surface area (Å²) in [5, 5.41) is 5.20. The van der Waals surface area contributed by atoms with E-state index in [1.807, 2.05) is 35.7 Å². The van der Waals surface area contributed by atoms with Crippen molar-refractivity contribution in [2.24, 2.45) is 0 Å². The monoisotopic (exact) mass is 439 g/mol. The van der Waals surface area contributed by atoms with Gasteiger partial charge in [-0.2, -0.15) is 0 Å². The molecule has 0 radical (unpaired) electrons. The van der Waals surface area contributed by atoms with Crippen molar-refractivity contribution in [1.82, 2.24) is 4.90 Å². The molecule has 2 heterocycles. The van der Waals surface area contributed by atoms with Crippen LogP contribution >= 0.6 is 22.9 Å². The van der Waals surface area contributed by atoms with Crippen LogP contribution in [0.3, 0.4) is 0 Å². The minimum Gasteiger partial charge on any atom is -0.326 e. The highest BCUT2D eigenvalue weighted by Crippen LogP contribution is 2.30. The summed E-state index contributed by atoms with van der Waals surface area (Å²) in [4.78, 5) is 42.5. The Kier molecular flexibility index (Phi) is 5.83. The fourth-order valence-corrected chi connectivity index (χ4v) is 4.15. The van der Waals surface area contributed by atoms with Gasteiger partial charge in [0.25, 0.3) is 5.91 Å².